The number of aromatic nitrogens is 2. The van der Waals surface area contributed by atoms with Crippen LogP contribution >= 0.6 is 0 Å². The first-order valence-electron chi connectivity index (χ1n) is 12.3. The third-order valence-electron chi connectivity index (χ3n) is 7.02. The number of nitrogens with one attached hydrogen (secondary N) is 3. The molecule has 2 fully saturated rings. The number of hydrogen-bond acceptors (Lipinski definition) is 5. The van der Waals surface area contributed by atoms with Gasteiger partial charge in [0.2, 0.25) is 17.7 Å². The summed E-state index contributed by atoms with van der Waals surface area (Å²) in [4.78, 5) is 42.3. The van der Waals surface area contributed by atoms with Gasteiger partial charge in [0, 0.05) is 19.5 Å². The maximum Gasteiger partial charge on any atom is 0.328 e. The maximum absolute atomic E-state index is 12.8. The van der Waals surface area contributed by atoms with Gasteiger partial charge in [-0.15, -0.1) is 0 Å². The molecule has 184 valence electrons. The first kappa shape index (κ1) is 24.1. The minimum absolute atomic E-state index is 0.0296. The van der Waals surface area contributed by atoms with Crippen LogP contribution in [0.4, 0.5) is 0 Å². The van der Waals surface area contributed by atoms with Crippen LogP contribution in [0.3, 0.4) is 0 Å². The Bertz CT molecular complexity index is 1030. The van der Waals surface area contributed by atoms with E-state index >= 15 is 0 Å². The molecule has 2 aromatic rings. The number of carbonyl (C=O) groups is 2. The zero-order valence-electron chi connectivity index (χ0n) is 19.6. The number of benzene rings is 1. The topological polar surface area (TPSA) is 119 Å². The highest BCUT2D eigenvalue weighted by molar-refractivity contribution is 5.81. The van der Waals surface area contributed by atoms with E-state index in [2.05, 4.69) is 15.6 Å². The van der Waals surface area contributed by atoms with E-state index in [0.29, 0.717) is 25.4 Å². The highest BCUT2D eigenvalue weighted by Gasteiger charge is 2.29. The fraction of sp³-hybridized carbons (Fsp3) is 0.560. The van der Waals surface area contributed by atoms with Crippen molar-refractivity contribution in [2.75, 3.05) is 26.2 Å². The lowest BCUT2D eigenvalue weighted by Gasteiger charge is -2.32. The summed E-state index contributed by atoms with van der Waals surface area (Å²) in [7, 11) is 0. The van der Waals surface area contributed by atoms with Crippen molar-refractivity contribution < 1.29 is 14.7 Å². The van der Waals surface area contributed by atoms with E-state index in [1.165, 1.54) is 4.57 Å². The predicted molar refractivity (Wildman–Crippen MR) is 128 cm³/mol. The monoisotopic (exact) mass is 469 g/mol. The molecule has 1 aromatic heterocycles. The van der Waals surface area contributed by atoms with Crippen molar-refractivity contribution >= 4 is 11.8 Å². The zero-order chi connectivity index (χ0) is 23.9. The van der Waals surface area contributed by atoms with Crippen molar-refractivity contribution in [3.05, 3.63) is 52.1 Å². The molecule has 0 bridgehead atoms. The number of carbonyl (C=O) groups excluding carboxylic acids is 2. The quantitative estimate of drug-likeness (QED) is 0.468. The number of amides is 2. The smallest absolute Gasteiger partial charge is 0.328 e. The molecule has 2 saturated heterocycles. The van der Waals surface area contributed by atoms with Crippen LogP contribution in [-0.2, 0) is 22.7 Å². The minimum Gasteiger partial charge on any atom is -0.493 e. The lowest BCUT2D eigenvalue weighted by atomic mass is 9.92. The molecule has 4 N–H and O–H groups in total. The molecule has 34 heavy (non-hydrogen) atoms. The van der Waals surface area contributed by atoms with E-state index in [9.17, 15) is 19.5 Å². The molecule has 4 rings (SSSR count). The summed E-state index contributed by atoms with van der Waals surface area (Å²) in [6.07, 6.45) is 5.23. The molecule has 0 spiro atoms. The second-order valence-electron chi connectivity index (χ2n) is 9.43. The van der Waals surface area contributed by atoms with Gasteiger partial charge >= 0.3 is 5.69 Å². The lowest BCUT2D eigenvalue weighted by molar-refractivity contribution is -0.136. The van der Waals surface area contributed by atoms with Crippen molar-refractivity contribution in [2.24, 2.45) is 11.8 Å². The first-order chi connectivity index (χ1) is 16.5. The molecule has 0 unspecified atom stereocenters. The van der Waals surface area contributed by atoms with Gasteiger partial charge in [0.05, 0.1) is 24.7 Å². The molecule has 0 saturated carbocycles. The third kappa shape index (κ3) is 6.08. The molecule has 9 heteroatoms. The number of likely N-dealkylation sites (tertiary alicyclic amines) is 1. The Morgan fingerprint density at radius 1 is 1.12 bits per heavy atom. The van der Waals surface area contributed by atoms with Crippen LogP contribution < -0.4 is 16.3 Å². The second-order valence-corrected chi connectivity index (χ2v) is 9.43. The molecule has 9 nitrogen and oxygen atoms in total. The van der Waals surface area contributed by atoms with Crippen LogP contribution in [-0.4, -0.2) is 57.6 Å². The number of hydrogen-bond donors (Lipinski definition) is 4. The van der Waals surface area contributed by atoms with Gasteiger partial charge in [-0.1, -0.05) is 30.3 Å². The van der Waals surface area contributed by atoms with Crippen LogP contribution in [0.25, 0.3) is 0 Å². The molecular weight excluding hydrogens is 434 g/mol. The van der Waals surface area contributed by atoms with Crippen molar-refractivity contribution in [3.8, 4) is 5.88 Å². The number of imidazole rings is 1. The van der Waals surface area contributed by atoms with Gasteiger partial charge in [-0.05, 0) is 56.7 Å². The molecule has 2 aliphatic heterocycles. The normalized spacial score (nSPS) is 19.2. The summed E-state index contributed by atoms with van der Waals surface area (Å²) in [5, 5.41) is 16.7. The van der Waals surface area contributed by atoms with E-state index < -0.39 is 5.69 Å². The summed E-state index contributed by atoms with van der Waals surface area (Å²) in [5.74, 6) is 0.130. The molecule has 3 heterocycles. The molecule has 2 amide bonds. The molecule has 2 aliphatic rings. The van der Waals surface area contributed by atoms with Gasteiger partial charge < -0.3 is 25.6 Å². The summed E-state index contributed by atoms with van der Waals surface area (Å²) in [6.45, 7) is 3.46. The van der Waals surface area contributed by atoms with Crippen molar-refractivity contribution in [2.45, 2.75) is 51.6 Å². The number of aromatic hydroxyl groups is 1. The van der Waals surface area contributed by atoms with Gasteiger partial charge in [0.25, 0.3) is 0 Å². The number of aromatic amines is 1. The van der Waals surface area contributed by atoms with Crippen LogP contribution in [0.15, 0.2) is 35.1 Å². The van der Waals surface area contributed by atoms with E-state index in [0.717, 1.165) is 50.8 Å². The Hall–Kier alpha value is -3.07. The summed E-state index contributed by atoms with van der Waals surface area (Å²) in [5.41, 5.74) is 0.746. The Labute approximate surface area is 199 Å². The number of H-pyrrole nitrogens is 1. The highest BCUT2D eigenvalue weighted by Crippen LogP contribution is 2.22. The fourth-order valence-electron chi connectivity index (χ4n) is 4.94. The fourth-order valence-corrected chi connectivity index (χ4v) is 4.94. The SMILES string of the molecule is O=C(NCc1[nH]c(=O)n(Cc2ccccc2)c1O)[C@@H]1CCCN(C(=O)CCC2CCNCC2)C1. The van der Waals surface area contributed by atoms with Gasteiger partial charge in [-0.25, -0.2) is 4.79 Å². The lowest BCUT2D eigenvalue weighted by Crippen LogP contribution is -2.45. The van der Waals surface area contributed by atoms with Crippen molar-refractivity contribution in [1.29, 1.82) is 0 Å². The average Bonchev–Trinajstić information content (AvgIpc) is 3.14. The summed E-state index contributed by atoms with van der Waals surface area (Å²) in [6, 6.07) is 9.39. The van der Waals surface area contributed by atoms with Crippen LogP contribution in [0.1, 0.15) is 49.8 Å². The highest BCUT2D eigenvalue weighted by atomic mass is 16.3. The van der Waals surface area contributed by atoms with Gasteiger partial charge in [-0.2, -0.15) is 0 Å². The van der Waals surface area contributed by atoms with Gasteiger partial charge in [0.1, 0.15) is 0 Å². The van der Waals surface area contributed by atoms with Gasteiger partial charge in [-0.3, -0.25) is 14.2 Å². The number of piperidine rings is 2. The van der Waals surface area contributed by atoms with Crippen LogP contribution in [0.2, 0.25) is 0 Å². The van der Waals surface area contributed by atoms with E-state index in [4.69, 9.17) is 0 Å². The molecule has 1 aromatic carbocycles. The Balaban J connectivity index is 1.27. The van der Waals surface area contributed by atoms with E-state index in [-0.39, 0.29) is 42.4 Å². The largest absolute Gasteiger partial charge is 0.493 e. The first-order valence-corrected chi connectivity index (χ1v) is 12.3. The van der Waals surface area contributed by atoms with Crippen LogP contribution in [0.5, 0.6) is 5.88 Å². The third-order valence-corrected chi connectivity index (χ3v) is 7.02. The second kappa shape index (κ2) is 11.4. The Morgan fingerprint density at radius 2 is 1.88 bits per heavy atom. The molecular formula is C25H35N5O4. The number of rotatable bonds is 8. The molecule has 0 radical (unpaired) electrons. The van der Waals surface area contributed by atoms with Crippen molar-refractivity contribution in [1.82, 2.24) is 25.1 Å². The molecule has 0 aliphatic carbocycles. The van der Waals surface area contributed by atoms with E-state index in [1.807, 2.05) is 35.2 Å². The average molecular weight is 470 g/mol. The minimum atomic E-state index is -0.422. The van der Waals surface area contributed by atoms with E-state index in [1.54, 1.807) is 0 Å². The Morgan fingerprint density at radius 3 is 2.65 bits per heavy atom. The summed E-state index contributed by atoms with van der Waals surface area (Å²) >= 11 is 0. The number of nitrogens with zero attached hydrogens (tertiary/aromatic N) is 2. The van der Waals surface area contributed by atoms with Crippen LogP contribution in [0, 0.1) is 11.8 Å². The predicted octanol–water partition coefficient (Wildman–Crippen LogP) is 1.56. The zero-order valence-corrected chi connectivity index (χ0v) is 19.6. The van der Waals surface area contributed by atoms with Crippen molar-refractivity contribution in [3.63, 3.8) is 0 Å². The van der Waals surface area contributed by atoms with Gasteiger partial charge in [0.15, 0.2) is 0 Å². The summed E-state index contributed by atoms with van der Waals surface area (Å²) < 4.78 is 1.25. The molecule has 1 atom stereocenters. The standard InChI is InChI=1S/C25H35N5O4/c31-22(9-8-18-10-12-26-13-11-18)29-14-4-7-20(17-29)23(32)27-15-21-24(33)30(25(34)28-21)16-19-5-2-1-3-6-19/h1-3,5-6,18,20,26,33H,4,7-17H2,(H,27,32)(H,28,34)/t20-/m1/s1. The Kier molecular flexibility index (Phi) is 8.05. The maximum atomic E-state index is 12.8.